The van der Waals surface area contributed by atoms with Crippen molar-refractivity contribution in [2.75, 3.05) is 6.61 Å². The Morgan fingerprint density at radius 3 is 2.23 bits per heavy atom. The summed E-state index contributed by atoms with van der Waals surface area (Å²) in [5.74, 6) is 2.61. The molecule has 35 heavy (non-hydrogen) atoms. The molecule has 0 N–H and O–H groups in total. The smallest absolute Gasteiger partial charge is 0.343 e. The first-order valence-corrected chi connectivity index (χ1v) is 13.9. The van der Waals surface area contributed by atoms with Gasteiger partial charge in [0.25, 0.3) is 0 Å². The van der Waals surface area contributed by atoms with E-state index in [0.717, 1.165) is 30.9 Å². The zero-order valence-corrected chi connectivity index (χ0v) is 21.7. The van der Waals surface area contributed by atoms with E-state index in [1.807, 2.05) is 30.3 Å². The molecule has 3 nitrogen and oxygen atoms in total. The van der Waals surface area contributed by atoms with Crippen molar-refractivity contribution in [2.45, 2.75) is 96.3 Å². The van der Waals surface area contributed by atoms with Crippen molar-refractivity contribution in [3.8, 4) is 11.5 Å². The van der Waals surface area contributed by atoms with E-state index in [1.54, 1.807) is 12.1 Å². The monoisotopic (exact) mass is 476 g/mol. The normalized spacial score (nSPS) is 17.6. The van der Waals surface area contributed by atoms with E-state index in [4.69, 9.17) is 9.47 Å². The van der Waals surface area contributed by atoms with E-state index < -0.39 is 0 Å². The van der Waals surface area contributed by atoms with Crippen LogP contribution in [0, 0.1) is 5.92 Å². The summed E-state index contributed by atoms with van der Waals surface area (Å²) in [5.41, 5.74) is 1.91. The van der Waals surface area contributed by atoms with Gasteiger partial charge in [-0.25, -0.2) is 4.79 Å². The predicted octanol–water partition coefficient (Wildman–Crippen LogP) is 9.28. The Labute approximate surface area is 212 Å². The molecule has 0 bridgehead atoms. The van der Waals surface area contributed by atoms with Crippen LogP contribution in [0.3, 0.4) is 0 Å². The van der Waals surface area contributed by atoms with E-state index in [1.165, 1.54) is 69.8 Å². The van der Waals surface area contributed by atoms with Gasteiger partial charge in [0.05, 0.1) is 12.2 Å². The zero-order valence-electron chi connectivity index (χ0n) is 21.7. The highest BCUT2D eigenvalue weighted by molar-refractivity contribution is 5.91. The second-order valence-electron chi connectivity index (χ2n) is 10.0. The minimum atomic E-state index is -0.334. The number of carbonyl (C=O) groups excluding carboxylic acids is 1. The van der Waals surface area contributed by atoms with Crippen molar-refractivity contribution in [2.24, 2.45) is 5.92 Å². The van der Waals surface area contributed by atoms with Gasteiger partial charge in [0, 0.05) is 0 Å². The average molecular weight is 477 g/mol. The van der Waals surface area contributed by atoms with Crippen LogP contribution < -0.4 is 9.47 Å². The number of allylic oxidation sites excluding steroid dienone is 1. The second-order valence-corrected chi connectivity index (χ2v) is 10.0. The zero-order chi connectivity index (χ0) is 24.7. The highest BCUT2D eigenvalue weighted by atomic mass is 16.5. The van der Waals surface area contributed by atoms with E-state index in [-0.39, 0.29) is 5.97 Å². The molecule has 3 rings (SSSR count). The molecule has 2 aromatic rings. The number of unbranched alkanes of at least 4 members (excludes halogenated alkanes) is 6. The number of hydrogen-bond acceptors (Lipinski definition) is 3. The number of hydrogen-bond donors (Lipinski definition) is 0. The van der Waals surface area contributed by atoms with Crippen LogP contribution in [0.25, 0.3) is 0 Å². The van der Waals surface area contributed by atoms with Crippen molar-refractivity contribution in [3.63, 3.8) is 0 Å². The fourth-order valence-electron chi connectivity index (χ4n) is 5.06. The maximum atomic E-state index is 12.6. The Kier molecular flexibility index (Phi) is 11.9. The lowest BCUT2D eigenvalue weighted by Crippen LogP contribution is -2.13. The molecule has 0 unspecified atom stereocenters. The van der Waals surface area contributed by atoms with Gasteiger partial charge >= 0.3 is 5.97 Å². The standard InChI is InChI=1S/C32H44O3/c1-3-5-7-8-9-11-25-34-30-21-19-29(20-22-30)32(33)35-31-23-17-28(18-24-31)27-15-13-26(14-16-27)12-10-6-4-2/h3,17-24,26-27H,1,4-16,25H2,2H3/t26-,27-. The molecule has 0 aromatic heterocycles. The first kappa shape index (κ1) is 27.0. The van der Waals surface area contributed by atoms with Gasteiger partial charge < -0.3 is 9.47 Å². The number of ether oxygens (including phenoxy) is 2. The van der Waals surface area contributed by atoms with Crippen LogP contribution in [0.2, 0.25) is 0 Å². The summed E-state index contributed by atoms with van der Waals surface area (Å²) in [7, 11) is 0. The van der Waals surface area contributed by atoms with Crippen molar-refractivity contribution >= 4 is 5.97 Å². The summed E-state index contributed by atoms with van der Waals surface area (Å²) in [5, 5.41) is 0. The highest BCUT2D eigenvalue weighted by Crippen LogP contribution is 2.38. The fraction of sp³-hybridized carbons (Fsp3) is 0.531. The number of rotatable bonds is 15. The van der Waals surface area contributed by atoms with E-state index in [9.17, 15) is 4.79 Å². The average Bonchev–Trinajstić information content (AvgIpc) is 2.89. The molecular weight excluding hydrogens is 432 g/mol. The number of benzene rings is 2. The lowest BCUT2D eigenvalue weighted by atomic mass is 9.77. The largest absolute Gasteiger partial charge is 0.494 e. The summed E-state index contributed by atoms with van der Waals surface area (Å²) < 4.78 is 11.4. The van der Waals surface area contributed by atoms with Gasteiger partial charge in [-0.15, -0.1) is 6.58 Å². The molecule has 2 aromatic carbocycles. The molecule has 1 aliphatic rings. The van der Waals surface area contributed by atoms with Crippen LogP contribution in [-0.2, 0) is 0 Å². The Balaban J connectivity index is 1.39. The molecular formula is C32H44O3. The van der Waals surface area contributed by atoms with Gasteiger partial charge in [0.2, 0.25) is 0 Å². The maximum absolute atomic E-state index is 12.6. The van der Waals surface area contributed by atoms with Crippen molar-refractivity contribution in [3.05, 3.63) is 72.3 Å². The summed E-state index contributed by atoms with van der Waals surface area (Å²) >= 11 is 0. The highest BCUT2D eigenvalue weighted by Gasteiger charge is 2.22. The molecule has 0 atom stereocenters. The predicted molar refractivity (Wildman–Crippen MR) is 145 cm³/mol. The summed E-state index contributed by atoms with van der Waals surface area (Å²) in [6.07, 6.45) is 18.4. The molecule has 0 saturated heterocycles. The molecule has 1 saturated carbocycles. The molecule has 0 heterocycles. The van der Waals surface area contributed by atoms with E-state index in [2.05, 4.69) is 25.6 Å². The molecule has 0 spiro atoms. The SMILES string of the molecule is C=CCCCCCCOc1ccc(C(=O)Oc2ccc([C@H]3CC[C@H](CCCCC)CC3)cc2)cc1. The van der Waals surface area contributed by atoms with Gasteiger partial charge in [-0.1, -0.05) is 63.7 Å². The minimum Gasteiger partial charge on any atom is -0.494 e. The van der Waals surface area contributed by atoms with Gasteiger partial charge in [-0.2, -0.15) is 0 Å². The fourth-order valence-corrected chi connectivity index (χ4v) is 5.06. The first-order valence-electron chi connectivity index (χ1n) is 13.9. The minimum absolute atomic E-state index is 0.334. The van der Waals surface area contributed by atoms with Crippen molar-refractivity contribution < 1.29 is 14.3 Å². The third-order valence-electron chi connectivity index (χ3n) is 7.29. The van der Waals surface area contributed by atoms with Crippen molar-refractivity contribution in [1.29, 1.82) is 0 Å². The third kappa shape index (κ3) is 9.55. The summed E-state index contributed by atoms with van der Waals surface area (Å²) in [6.45, 7) is 6.73. The second kappa shape index (κ2) is 15.4. The molecule has 0 amide bonds. The number of esters is 1. The van der Waals surface area contributed by atoms with Crippen molar-refractivity contribution in [1.82, 2.24) is 0 Å². The maximum Gasteiger partial charge on any atom is 0.343 e. The quantitative estimate of drug-likeness (QED) is 0.111. The molecule has 3 heteroatoms. The molecule has 0 radical (unpaired) electrons. The van der Waals surface area contributed by atoms with Crippen LogP contribution in [0.4, 0.5) is 0 Å². The number of carbonyl (C=O) groups is 1. The Morgan fingerprint density at radius 1 is 0.857 bits per heavy atom. The van der Waals surface area contributed by atoms with Crippen LogP contribution >= 0.6 is 0 Å². The van der Waals surface area contributed by atoms with Crippen LogP contribution in [0.5, 0.6) is 11.5 Å². The van der Waals surface area contributed by atoms with Gasteiger partial charge in [-0.3, -0.25) is 0 Å². The van der Waals surface area contributed by atoms with E-state index in [0.29, 0.717) is 23.8 Å². The Bertz CT molecular complexity index is 861. The topological polar surface area (TPSA) is 35.5 Å². The lowest BCUT2D eigenvalue weighted by Gasteiger charge is -2.29. The third-order valence-corrected chi connectivity index (χ3v) is 7.29. The van der Waals surface area contributed by atoms with Gasteiger partial charge in [0.15, 0.2) is 0 Å². The van der Waals surface area contributed by atoms with Gasteiger partial charge in [-0.05, 0) is 98.7 Å². The summed E-state index contributed by atoms with van der Waals surface area (Å²) in [6, 6.07) is 15.4. The molecule has 1 fully saturated rings. The molecule has 0 aliphatic heterocycles. The van der Waals surface area contributed by atoms with Crippen LogP contribution in [-0.4, -0.2) is 12.6 Å². The Hall–Kier alpha value is -2.55. The van der Waals surface area contributed by atoms with Crippen LogP contribution in [0.15, 0.2) is 61.2 Å². The van der Waals surface area contributed by atoms with Gasteiger partial charge in [0.1, 0.15) is 11.5 Å². The summed E-state index contributed by atoms with van der Waals surface area (Å²) in [4.78, 5) is 12.6. The Morgan fingerprint density at radius 2 is 1.54 bits per heavy atom. The first-order chi connectivity index (χ1) is 17.2. The van der Waals surface area contributed by atoms with E-state index >= 15 is 0 Å². The lowest BCUT2D eigenvalue weighted by molar-refractivity contribution is 0.0734. The molecule has 1 aliphatic carbocycles. The molecule has 190 valence electrons. The van der Waals surface area contributed by atoms with Crippen LogP contribution in [0.1, 0.15) is 112 Å².